The molecule has 11 nitrogen and oxygen atoms in total. The summed E-state index contributed by atoms with van der Waals surface area (Å²) in [6, 6.07) is 0. The number of aliphatic hydroxyl groups excluding tert-OH is 1. The number of hydrogen-bond acceptors (Lipinski definition) is 10. The number of esters is 3. The number of phosphoric ester groups is 1. The first-order valence-electron chi connectivity index (χ1n) is 27.8. The maximum atomic E-state index is 12.9. The average molecular weight is 1030 g/mol. The first-order valence-corrected chi connectivity index (χ1v) is 29.3. The Morgan fingerprint density at radius 2 is 0.681 bits per heavy atom. The summed E-state index contributed by atoms with van der Waals surface area (Å²) < 4.78 is 39.4. The van der Waals surface area contributed by atoms with Crippen molar-refractivity contribution in [2.24, 2.45) is 0 Å². The Balaban J connectivity index is 4.79. The summed E-state index contributed by atoms with van der Waals surface area (Å²) in [6.45, 7) is 4.23. The first-order chi connectivity index (χ1) is 35.2. The van der Waals surface area contributed by atoms with E-state index in [1.807, 2.05) is 0 Å². The van der Waals surface area contributed by atoms with Crippen molar-refractivity contribution in [2.45, 2.75) is 226 Å². The van der Waals surface area contributed by atoms with Gasteiger partial charge in [0.05, 0.1) is 19.8 Å². The summed E-state index contributed by atoms with van der Waals surface area (Å²) in [6.07, 6.45) is 63.4. The standard InChI is InChI=1S/C60H99O11P/c1-4-7-10-13-16-19-22-25-27-28-30-33-36-39-42-45-48-51-60(64)71-57(53-67-58(62)49-46-43-40-37-34-31-24-21-18-15-12-9-6-3)55-69-72(65,66)68-54-56(52-61)70-59(63)50-47-44-41-38-35-32-29-26-23-20-17-14-11-8-5-2/h7-12,16-21,25-27,29,31,34,56-57,61H,4-6,13-15,22-24,28,30,32-33,35-55H2,1-3H3,(H,65,66)/b10-7-,11-8-,12-9-,19-16-,20-17-,21-18-,27-25-,29-26-,34-31-. The molecule has 0 rings (SSSR count). The minimum absolute atomic E-state index is 0.143. The SMILES string of the molecule is CC/C=C\C/C=C\C/C=C\CCCCCCCCCC(=O)OC(COC(=O)CCCCC/C=C\C/C=C\C/C=C\CC)COP(=O)(O)OCC(CO)OC(=O)CCCCCCC/C=C\C/C=C\C/C=C\CC. The van der Waals surface area contributed by atoms with Gasteiger partial charge in [0.2, 0.25) is 0 Å². The lowest BCUT2D eigenvalue weighted by atomic mass is 10.1. The van der Waals surface area contributed by atoms with Gasteiger partial charge in [-0.05, 0) is 116 Å². The van der Waals surface area contributed by atoms with Gasteiger partial charge in [0, 0.05) is 19.3 Å². The number of carbonyl (C=O) groups is 3. The fourth-order valence-electron chi connectivity index (χ4n) is 7.04. The quantitative estimate of drug-likeness (QED) is 0.0197. The molecule has 0 amide bonds. The van der Waals surface area contributed by atoms with Gasteiger partial charge < -0.3 is 24.2 Å². The van der Waals surface area contributed by atoms with E-state index in [0.29, 0.717) is 19.3 Å². The number of ether oxygens (including phenoxy) is 3. The largest absolute Gasteiger partial charge is 0.472 e. The van der Waals surface area contributed by atoms with Crippen LogP contribution in [0.3, 0.4) is 0 Å². The zero-order chi connectivity index (χ0) is 52.7. The highest BCUT2D eigenvalue weighted by Gasteiger charge is 2.28. The molecular formula is C60H99O11P. The minimum atomic E-state index is -4.77. The maximum Gasteiger partial charge on any atom is 0.472 e. The van der Waals surface area contributed by atoms with Crippen molar-refractivity contribution >= 4 is 25.7 Å². The third kappa shape index (κ3) is 51.1. The van der Waals surface area contributed by atoms with Gasteiger partial charge in [-0.2, -0.15) is 0 Å². The van der Waals surface area contributed by atoms with Crippen LogP contribution in [-0.2, 0) is 42.2 Å². The molecule has 0 radical (unpaired) electrons. The average Bonchev–Trinajstić information content (AvgIpc) is 3.37. The Bertz CT molecular complexity index is 1620. The molecule has 0 aliphatic heterocycles. The number of phosphoric acid groups is 1. The van der Waals surface area contributed by atoms with Crippen molar-refractivity contribution in [3.8, 4) is 0 Å². The third-order valence-corrected chi connectivity index (χ3v) is 12.1. The molecule has 0 aromatic carbocycles. The molecule has 12 heteroatoms. The summed E-state index contributed by atoms with van der Waals surface area (Å²) in [5.74, 6) is -1.54. The van der Waals surface area contributed by atoms with Crippen LogP contribution >= 0.6 is 7.82 Å². The monoisotopic (exact) mass is 1030 g/mol. The predicted molar refractivity (Wildman–Crippen MR) is 297 cm³/mol. The molecule has 0 aliphatic carbocycles. The minimum Gasteiger partial charge on any atom is -0.462 e. The second-order valence-corrected chi connectivity index (χ2v) is 19.4. The van der Waals surface area contributed by atoms with Gasteiger partial charge >= 0.3 is 25.7 Å². The number of hydrogen-bond donors (Lipinski definition) is 2. The van der Waals surface area contributed by atoms with Crippen molar-refractivity contribution < 1.29 is 52.2 Å². The summed E-state index contributed by atoms with van der Waals surface area (Å²) in [5.41, 5.74) is 0. The van der Waals surface area contributed by atoms with Gasteiger partial charge in [-0.15, -0.1) is 0 Å². The fourth-order valence-corrected chi connectivity index (χ4v) is 7.83. The molecule has 0 heterocycles. The van der Waals surface area contributed by atoms with Gasteiger partial charge in [0.25, 0.3) is 0 Å². The zero-order valence-corrected chi connectivity index (χ0v) is 46.0. The molecule has 410 valence electrons. The number of aliphatic hydroxyl groups is 1. The van der Waals surface area contributed by atoms with E-state index in [4.69, 9.17) is 23.3 Å². The zero-order valence-electron chi connectivity index (χ0n) is 45.1. The van der Waals surface area contributed by atoms with E-state index in [1.165, 1.54) is 0 Å². The van der Waals surface area contributed by atoms with Crippen LogP contribution in [-0.4, -0.2) is 66.5 Å². The van der Waals surface area contributed by atoms with Gasteiger partial charge in [0.1, 0.15) is 12.7 Å². The van der Waals surface area contributed by atoms with Gasteiger partial charge in [-0.25, -0.2) is 4.57 Å². The Kier molecular flexibility index (Phi) is 50.6. The lowest BCUT2D eigenvalue weighted by Crippen LogP contribution is -2.30. The van der Waals surface area contributed by atoms with Crippen LogP contribution < -0.4 is 0 Å². The molecule has 0 aliphatic rings. The second kappa shape index (κ2) is 53.4. The molecule has 0 saturated carbocycles. The van der Waals surface area contributed by atoms with Crippen LogP contribution in [0, 0.1) is 0 Å². The predicted octanol–water partition coefficient (Wildman–Crippen LogP) is 16.2. The van der Waals surface area contributed by atoms with E-state index in [9.17, 15) is 28.9 Å². The van der Waals surface area contributed by atoms with Crippen molar-refractivity contribution in [1.29, 1.82) is 0 Å². The van der Waals surface area contributed by atoms with E-state index in [0.717, 1.165) is 154 Å². The molecule has 0 bridgehead atoms. The summed E-state index contributed by atoms with van der Waals surface area (Å²) >= 11 is 0. The number of carbonyl (C=O) groups excluding carboxylic acids is 3. The summed E-state index contributed by atoms with van der Waals surface area (Å²) in [5, 5.41) is 9.80. The van der Waals surface area contributed by atoms with Crippen molar-refractivity contribution in [1.82, 2.24) is 0 Å². The van der Waals surface area contributed by atoms with Gasteiger partial charge in [-0.3, -0.25) is 23.4 Å². The molecular weight excluding hydrogens is 928 g/mol. The van der Waals surface area contributed by atoms with Crippen LogP contribution in [0.2, 0.25) is 0 Å². The van der Waals surface area contributed by atoms with Crippen LogP contribution in [0.5, 0.6) is 0 Å². The second-order valence-electron chi connectivity index (χ2n) is 18.0. The molecule has 0 spiro atoms. The Labute approximate surface area is 437 Å². The highest BCUT2D eigenvalue weighted by molar-refractivity contribution is 7.47. The number of rotatable bonds is 50. The molecule has 3 atom stereocenters. The molecule has 0 aromatic heterocycles. The normalized spacial score (nSPS) is 14.2. The fraction of sp³-hybridized carbons (Fsp3) is 0.650. The van der Waals surface area contributed by atoms with Crippen LogP contribution in [0.25, 0.3) is 0 Å². The topological polar surface area (TPSA) is 155 Å². The van der Waals surface area contributed by atoms with Crippen molar-refractivity contribution in [3.05, 3.63) is 109 Å². The Hall–Kier alpha value is -3.86. The molecule has 2 N–H and O–H groups in total. The molecule has 0 fully saturated rings. The van der Waals surface area contributed by atoms with Crippen LogP contribution in [0.1, 0.15) is 213 Å². The van der Waals surface area contributed by atoms with E-state index < -0.39 is 57.8 Å². The van der Waals surface area contributed by atoms with Crippen LogP contribution in [0.4, 0.5) is 0 Å². The van der Waals surface area contributed by atoms with Gasteiger partial charge in [-0.1, -0.05) is 188 Å². The van der Waals surface area contributed by atoms with E-state index >= 15 is 0 Å². The van der Waals surface area contributed by atoms with Crippen molar-refractivity contribution in [2.75, 3.05) is 26.4 Å². The number of unbranched alkanes of at least 4 members (excludes halogenated alkanes) is 15. The highest BCUT2D eigenvalue weighted by atomic mass is 31.2. The van der Waals surface area contributed by atoms with E-state index in [1.54, 1.807) is 0 Å². The van der Waals surface area contributed by atoms with Crippen molar-refractivity contribution in [3.63, 3.8) is 0 Å². The molecule has 3 unspecified atom stereocenters. The lowest BCUT2D eigenvalue weighted by molar-refractivity contribution is -0.161. The van der Waals surface area contributed by atoms with E-state index in [2.05, 4.69) is 130 Å². The molecule has 72 heavy (non-hydrogen) atoms. The highest BCUT2D eigenvalue weighted by Crippen LogP contribution is 2.43. The molecule has 0 saturated heterocycles. The lowest BCUT2D eigenvalue weighted by Gasteiger charge is -2.21. The maximum absolute atomic E-state index is 12.9. The van der Waals surface area contributed by atoms with E-state index in [-0.39, 0.29) is 25.9 Å². The molecule has 0 aromatic rings. The first kappa shape index (κ1) is 68.1. The number of allylic oxidation sites excluding steroid dienone is 18. The van der Waals surface area contributed by atoms with Gasteiger partial charge in [0.15, 0.2) is 6.10 Å². The smallest absolute Gasteiger partial charge is 0.462 e. The Morgan fingerprint density at radius 1 is 0.389 bits per heavy atom. The van der Waals surface area contributed by atoms with Crippen LogP contribution in [0.15, 0.2) is 109 Å². The Morgan fingerprint density at radius 3 is 1.06 bits per heavy atom. The summed E-state index contributed by atoms with van der Waals surface area (Å²) in [4.78, 5) is 48.5. The summed E-state index contributed by atoms with van der Waals surface area (Å²) in [7, 11) is -4.77. The third-order valence-electron chi connectivity index (χ3n) is 11.2.